The minimum Gasteiger partial charge on any atom is -0.462 e. The van der Waals surface area contributed by atoms with Crippen molar-refractivity contribution in [2.45, 2.75) is 26.7 Å². The number of aliphatic hydroxyl groups is 4. The lowest BCUT2D eigenvalue weighted by Gasteiger charge is -2.14. The maximum Gasteiger partial charge on any atom is 0.338 e. The Balaban J connectivity index is 0.000000342. The third-order valence-corrected chi connectivity index (χ3v) is 5.07. The summed E-state index contributed by atoms with van der Waals surface area (Å²) >= 11 is 0. The molecule has 0 saturated heterocycles. The third kappa shape index (κ3) is 11.4. The van der Waals surface area contributed by atoms with Gasteiger partial charge in [0, 0.05) is 19.1 Å². The summed E-state index contributed by atoms with van der Waals surface area (Å²) in [6.45, 7) is 3.82. The van der Waals surface area contributed by atoms with E-state index in [0.717, 1.165) is 11.1 Å². The highest BCUT2D eigenvalue weighted by molar-refractivity contribution is 5.89. The molecule has 2 aromatic rings. The van der Waals surface area contributed by atoms with Crippen molar-refractivity contribution in [1.82, 2.24) is 0 Å². The fourth-order valence-corrected chi connectivity index (χ4v) is 2.77. The minimum atomic E-state index is -0.438. The van der Waals surface area contributed by atoms with E-state index >= 15 is 0 Å². The Kier molecular flexibility index (Phi) is 14.4. The Morgan fingerprint density at radius 1 is 0.647 bits per heavy atom. The number of ether oxygens (including phenoxy) is 2. The molecule has 0 aliphatic rings. The van der Waals surface area contributed by atoms with Crippen LogP contribution in [0.3, 0.4) is 0 Å². The lowest BCUT2D eigenvalue weighted by molar-refractivity contribution is 0.0303. The van der Waals surface area contributed by atoms with Gasteiger partial charge in [0.25, 0.3) is 0 Å². The van der Waals surface area contributed by atoms with Gasteiger partial charge in [-0.3, -0.25) is 0 Å². The molecule has 188 valence electrons. The average molecular weight is 477 g/mol. The quantitative estimate of drug-likeness (QED) is 0.343. The van der Waals surface area contributed by atoms with E-state index in [9.17, 15) is 9.59 Å². The summed E-state index contributed by atoms with van der Waals surface area (Å²) in [5.41, 5.74) is 3.15. The lowest BCUT2D eigenvalue weighted by Crippen LogP contribution is -2.20. The summed E-state index contributed by atoms with van der Waals surface area (Å²) in [6, 6.07) is 14.2. The number of hydrogen-bond acceptors (Lipinski definition) is 8. The molecule has 34 heavy (non-hydrogen) atoms. The molecule has 0 atom stereocenters. The number of aryl methyl sites for hydroxylation is 2. The highest BCUT2D eigenvalue weighted by Gasteiger charge is 2.13. The van der Waals surface area contributed by atoms with Gasteiger partial charge in [-0.15, -0.1) is 0 Å². The smallest absolute Gasteiger partial charge is 0.338 e. The topological polar surface area (TPSA) is 134 Å². The first-order chi connectivity index (χ1) is 16.3. The molecule has 0 saturated carbocycles. The maximum atomic E-state index is 11.7. The monoisotopic (exact) mass is 476 g/mol. The van der Waals surface area contributed by atoms with Crippen LogP contribution in [0.1, 0.15) is 44.7 Å². The number of hydrogen-bond donors (Lipinski definition) is 4. The fraction of sp³-hybridized carbons (Fsp3) is 0.462. The first-order valence-corrected chi connectivity index (χ1v) is 11.3. The molecular formula is C26H36O8. The second kappa shape index (κ2) is 16.8. The maximum absolute atomic E-state index is 11.7. The van der Waals surface area contributed by atoms with Gasteiger partial charge >= 0.3 is 11.9 Å². The second-order valence-electron chi connectivity index (χ2n) is 8.05. The van der Waals surface area contributed by atoms with E-state index in [1.165, 1.54) is 0 Å². The molecule has 0 radical (unpaired) electrons. The Bertz CT molecular complexity index is 823. The number of aliphatic hydroxyl groups excluding tert-OH is 4. The summed E-state index contributed by atoms with van der Waals surface area (Å²) in [4.78, 5) is 23.2. The molecule has 0 spiro atoms. The molecule has 0 amide bonds. The molecule has 0 aromatic heterocycles. The Morgan fingerprint density at radius 3 is 1.32 bits per heavy atom. The summed E-state index contributed by atoms with van der Waals surface area (Å²) in [6.07, 6.45) is 1.06. The van der Waals surface area contributed by atoms with Gasteiger partial charge in [-0.2, -0.15) is 0 Å². The molecule has 0 aliphatic heterocycles. The van der Waals surface area contributed by atoms with E-state index in [2.05, 4.69) is 0 Å². The summed E-state index contributed by atoms with van der Waals surface area (Å²) in [7, 11) is 0. The van der Waals surface area contributed by atoms with Crippen LogP contribution in [-0.2, 0) is 9.47 Å². The van der Waals surface area contributed by atoms with E-state index in [-0.39, 0.29) is 51.5 Å². The van der Waals surface area contributed by atoms with Gasteiger partial charge in [0.2, 0.25) is 0 Å². The molecule has 0 heterocycles. The third-order valence-electron chi connectivity index (χ3n) is 5.07. The van der Waals surface area contributed by atoms with E-state index in [1.807, 2.05) is 38.1 Å². The Morgan fingerprint density at radius 2 is 1.00 bits per heavy atom. The molecule has 2 rings (SSSR count). The molecular weight excluding hydrogens is 440 g/mol. The van der Waals surface area contributed by atoms with Crippen LogP contribution in [0.5, 0.6) is 0 Å². The van der Waals surface area contributed by atoms with Crippen LogP contribution in [0.15, 0.2) is 48.5 Å². The lowest BCUT2D eigenvalue weighted by atomic mass is 10.0. The molecule has 0 bridgehead atoms. The standard InChI is InChI=1S/C14H20O4.C12H16O4/c1-11-2-4-13(5-3-11)14(17)18-10-12(6-8-15)7-9-16;1-9-2-4-11(5-3-9)12(15)16-8-10(6-13)7-14/h2-5,12,15-16H,6-10H2,1H3;2-5,10,13-14H,6-8H2,1H3. The zero-order valence-electron chi connectivity index (χ0n) is 19.9. The van der Waals surface area contributed by atoms with Crippen LogP contribution in [0.25, 0.3) is 0 Å². The van der Waals surface area contributed by atoms with Gasteiger partial charge in [0.1, 0.15) is 0 Å². The summed E-state index contributed by atoms with van der Waals surface area (Å²) in [5, 5.41) is 35.3. The number of carbonyl (C=O) groups is 2. The highest BCUT2D eigenvalue weighted by Crippen LogP contribution is 2.11. The van der Waals surface area contributed by atoms with Crippen molar-refractivity contribution in [3.8, 4) is 0 Å². The van der Waals surface area contributed by atoms with E-state index in [0.29, 0.717) is 24.0 Å². The predicted molar refractivity (Wildman–Crippen MR) is 127 cm³/mol. The van der Waals surface area contributed by atoms with Gasteiger partial charge < -0.3 is 29.9 Å². The Labute approximate surface area is 200 Å². The second-order valence-corrected chi connectivity index (χ2v) is 8.05. The van der Waals surface area contributed by atoms with E-state index in [1.54, 1.807) is 24.3 Å². The van der Waals surface area contributed by atoms with Crippen molar-refractivity contribution in [3.05, 3.63) is 70.8 Å². The average Bonchev–Trinajstić information content (AvgIpc) is 2.84. The van der Waals surface area contributed by atoms with Crippen molar-refractivity contribution in [1.29, 1.82) is 0 Å². The molecule has 0 unspecified atom stereocenters. The van der Waals surface area contributed by atoms with Crippen LogP contribution >= 0.6 is 0 Å². The largest absolute Gasteiger partial charge is 0.462 e. The normalized spacial score (nSPS) is 10.6. The van der Waals surface area contributed by atoms with Gasteiger partial charge in [-0.1, -0.05) is 35.4 Å². The van der Waals surface area contributed by atoms with E-state index < -0.39 is 11.9 Å². The van der Waals surface area contributed by atoms with Gasteiger partial charge in [0.15, 0.2) is 0 Å². The van der Waals surface area contributed by atoms with Crippen molar-refractivity contribution in [3.63, 3.8) is 0 Å². The van der Waals surface area contributed by atoms with Crippen LogP contribution in [0.2, 0.25) is 0 Å². The first-order valence-electron chi connectivity index (χ1n) is 11.3. The number of esters is 2. The number of benzene rings is 2. The summed E-state index contributed by atoms with van der Waals surface area (Å²) < 4.78 is 10.1. The molecule has 2 aromatic carbocycles. The van der Waals surface area contributed by atoms with Gasteiger partial charge in [0.05, 0.1) is 37.6 Å². The number of rotatable bonds is 12. The number of carbonyl (C=O) groups excluding carboxylic acids is 2. The van der Waals surface area contributed by atoms with Crippen LogP contribution < -0.4 is 0 Å². The molecule has 0 aliphatic carbocycles. The zero-order chi connectivity index (χ0) is 25.3. The molecule has 8 heteroatoms. The predicted octanol–water partition coefficient (Wildman–Crippen LogP) is 2.29. The zero-order valence-corrected chi connectivity index (χ0v) is 19.9. The SMILES string of the molecule is Cc1ccc(C(=O)OCC(CCO)CCO)cc1.Cc1ccc(C(=O)OCC(CO)CO)cc1. The van der Waals surface area contributed by atoms with Gasteiger partial charge in [-0.25, -0.2) is 9.59 Å². The summed E-state index contributed by atoms with van der Waals surface area (Å²) in [5.74, 6) is -1.20. The fourth-order valence-electron chi connectivity index (χ4n) is 2.77. The van der Waals surface area contributed by atoms with Crippen LogP contribution in [0.4, 0.5) is 0 Å². The van der Waals surface area contributed by atoms with Crippen LogP contribution in [0, 0.1) is 25.7 Å². The molecule has 8 nitrogen and oxygen atoms in total. The minimum absolute atomic E-state index is 0.00870. The first kappa shape index (κ1) is 29.3. The molecule has 0 fully saturated rings. The van der Waals surface area contributed by atoms with Crippen molar-refractivity contribution >= 4 is 11.9 Å². The van der Waals surface area contributed by atoms with Crippen molar-refractivity contribution in [2.75, 3.05) is 39.6 Å². The van der Waals surface area contributed by atoms with E-state index in [4.69, 9.17) is 29.9 Å². The van der Waals surface area contributed by atoms with Crippen LogP contribution in [-0.4, -0.2) is 72.0 Å². The Hall–Kier alpha value is -2.78. The van der Waals surface area contributed by atoms with Crippen molar-refractivity contribution < 1.29 is 39.5 Å². The highest BCUT2D eigenvalue weighted by atomic mass is 16.5. The van der Waals surface area contributed by atoms with Crippen molar-refractivity contribution in [2.24, 2.45) is 11.8 Å². The van der Waals surface area contributed by atoms with Gasteiger partial charge in [-0.05, 0) is 56.9 Å². The molecule has 4 N–H and O–H groups in total.